The Morgan fingerprint density at radius 1 is 1.39 bits per heavy atom. The molecule has 3 rings (SSSR count). The van der Waals surface area contributed by atoms with Crippen molar-refractivity contribution in [3.05, 3.63) is 29.0 Å². The smallest absolute Gasteiger partial charge is 0.407 e. The van der Waals surface area contributed by atoms with Crippen LogP contribution in [-0.2, 0) is 4.79 Å². The van der Waals surface area contributed by atoms with E-state index in [1.54, 1.807) is 12.3 Å². The van der Waals surface area contributed by atoms with Gasteiger partial charge in [0.15, 0.2) is 0 Å². The molecule has 2 fully saturated rings. The van der Waals surface area contributed by atoms with Gasteiger partial charge in [-0.1, -0.05) is 11.6 Å². The van der Waals surface area contributed by atoms with Crippen LogP contribution in [0, 0.1) is 5.41 Å². The number of nitrogens with zero attached hydrogens (tertiary/aromatic N) is 3. The maximum absolute atomic E-state index is 12.5. The zero-order valence-corrected chi connectivity index (χ0v) is 13.8. The van der Waals surface area contributed by atoms with Crippen LogP contribution in [0.25, 0.3) is 0 Å². The van der Waals surface area contributed by atoms with Crippen LogP contribution in [0.1, 0.15) is 37.9 Å². The Kier molecular flexibility index (Phi) is 4.19. The number of likely N-dealkylation sites (tertiary alicyclic amines) is 2. The number of carbonyl (C=O) groups is 2. The second-order valence-electron chi connectivity index (χ2n) is 6.55. The van der Waals surface area contributed by atoms with E-state index in [-0.39, 0.29) is 17.4 Å². The lowest BCUT2D eigenvalue weighted by atomic mass is 9.77. The van der Waals surface area contributed by atoms with E-state index in [0.29, 0.717) is 31.1 Å². The lowest BCUT2D eigenvalue weighted by Crippen LogP contribution is -2.43. The van der Waals surface area contributed by atoms with Crippen molar-refractivity contribution in [1.82, 2.24) is 14.8 Å². The van der Waals surface area contributed by atoms with Crippen LogP contribution in [0.3, 0.4) is 0 Å². The zero-order chi connectivity index (χ0) is 16.6. The Labute approximate surface area is 140 Å². The van der Waals surface area contributed by atoms with Gasteiger partial charge in [0.05, 0.1) is 16.8 Å². The molecule has 1 atom stereocenters. The second-order valence-corrected chi connectivity index (χ2v) is 6.98. The van der Waals surface area contributed by atoms with Crippen molar-refractivity contribution in [3.63, 3.8) is 0 Å². The Bertz CT molecular complexity index is 612. The van der Waals surface area contributed by atoms with Crippen molar-refractivity contribution in [2.24, 2.45) is 5.41 Å². The van der Waals surface area contributed by atoms with Crippen molar-refractivity contribution in [2.75, 3.05) is 19.6 Å². The molecular formula is C16H20ClN3O3. The maximum atomic E-state index is 12.5. The van der Waals surface area contributed by atoms with E-state index in [9.17, 15) is 9.59 Å². The standard InChI is InChI=1S/C16H20ClN3O3/c1-11(13-3-2-12(17)9-18-13)20-10-16(8-14(20)21)4-6-19(7-5-16)15(22)23/h2-3,9,11H,4-8,10H2,1H3,(H,22,23). The van der Waals surface area contributed by atoms with Gasteiger partial charge in [0.1, 0.15) is 0 Å². The molecule has 1 N–H and O–H groups in total. The Hall–Kier alpha value is -1.82. The molecule has 1 unspecified atom stereocenters. The highest BCUT2D eigenvalue weighted by molar-refractivity contribution is 6.30. The number of aromatic nitrogens is 1. The predicted molar refractivity (Wildman–Crippen MR) is 85.3 cm³/mol. The summed E-state index contributed by atoms with van der Waals surface area (Å²) in [5, 5.41) is 9.64. The minimum atomic E-state index is -0.875. The highest BCUT2D eigenvalue weighted by Gasteiger charge is 2.46. The normalized spacial score (nSPS) is 21.7. The van der Waals surface area contributed by atoms with Crippen molar-refractivity contribution < 1.29 is 14.7 Å². The van der Waals surface area contributed by atoms with Gasteiger partial charge in [0.2, 0.25) is 5.91 Å². The zero-order valence-electron chi connectivity index (χ0n) is 13.0. The van der Waals surface area contributed by atoms with Gasteiger partial charge in [0, 0.05) is 37.7 Å². The monoisotopic (exact) mass is 337 g/mol. The lowest BCUT2D eigenvalue weighted by Gasteiger charge is -2.38. The van der Waals surface area contributed by atoms with Crippen LogP contribution in [0.4, 0.5) is 4.79 Å². The van der Waals surface area contributed by atoms with Gasteiger partial charge >= 0.3 is 6.09 Å². The van der Waals surface area contributed by atoms with Gasteiger partial charge < -0.3 is 14.9 Å². The number of pyridine rings is 1. The first-order valence-corrected chi connectivity index (χ1v) is 8.17. The average Bonchev–Trinajstić information content (AvgIpc) is 2.84. The molecule has 1 aromatic heterocycles. The third-order valence-electron chi connectivity index (χ3n) is 5.09. The number of hydrogen-bond acceptors (Lipinski definition) is 3. The van der Waals surface area contributed by atoms with E-state index in [1.165, 1.54) is 4.90 Å². The molecule has 2 amide bonds. The highest BCUT2D eigenvalue weighted by Crippen LogP contribution is 2.43. The first kappa shape index (κ1) is 16.1. The van der Waals surface area contributed by atoms with Gasteiger partial charge in [-0.25, -0.2) is 4.79 Å². The highest BCUT2D eigenvalue weighted by atomic mass is 35.5. The number of carbonyl (C=O) groups excluding carboxylic acids is 1. The summed E-state index contributed by atoms with van der Waals surface area (Å²) in [6.45, 7) is 3.65. The number of amides is 2. The third kappa shape index (κ3) is 3.13. The van der Waals surface area contributed by atoms with E-state index in [4.69, 9.17) is 16.7 Å². The van der Waals surface area contributed by atoms with Crippen LogP contribution in [0.15, 0.2) is 18.3 Å². The molecule has 23 heavy (non-hydrogen) atoms. The van der Waals surface area contributed by atoms with Crippen molar-refractivity contribution in [2.45, 2.75) is 32.2 Å². The molecule has 2 saturated heterocycles. The quantitative estimate of drug-likeness (QED) is 0.900. The van der Waals surface area contributed by atoms with E-state index in [2.05, 4.69) is 4.98 Å². The summed E-state index contributed by atoms with van der Waals surface area (Å²) in [5.41, 5.74) is 0.728. The molecule has 2 aliphatic heterocycles. The van der Waals surface area contributed by atoms with Crippen LogP contribution < -0.4 is 0 Å². The molecule has 124 valence electrons. The summed E-state index contributed by atoms with van der Waals surface area (Å²) in [4.78, 5) is 31.1. The Morgan fingerprint density at radius 2 is 2.09 bits per heavy atom. The average molecular weight is 338 g/mol. The SMILES string of the molecule is CC(c1ccc(Cl)cn1)N1CC2(CCN(C(=O)O)CC2)CC1=O. The summed E-state index contributed by atoms with van der Waals surface area (Å²) < 4.78 is 0. The molecule has 0 bridgehead atoms. The molecule has 0 saturated carbocycles. The predicted octanol–water partition coefficient (Wildman–Crippen LogP) is 2.79. The van der Waals surface area contributed by atoms with Crippen molar-refractivity contribution in [3.8, 4) is 0 Å². The largest absolute Gasteiger partial charge is 0.465 e. The minimum absolute atomic E-state index is 0.0935. The van der Waals surface area contributed by atoms with E-state index >= 15 is 0 Å². The Balaban J connectivity index is 1.70. The first-order chi connectivity index (χ1) is 10.9. The lowest BCUT2D eigenvalue weighted by molar-refractivity contribution is -0.129. The fourth-order valence-electron chi connectivity index (χ4n) is 3.58. The van der Waals surface area contributed by atoms with Crippen LogP contribution in [0.2, 0.25) is 5.02 Å². The van der Waals surface area contributed by atoms with Gasteiger partial charge in [0.25, 0.3) is 0 Å². The van der Waals surface area contributed by atoms with Crippen LogP contribution >= 0.6 is 11.6 Å². The van der Waals surface area contributed by atoms with E-state index in [1.807, 2.05) is 17.9 Å². The number of rotatable bonds is 2. The fraction of sp³-hybridized carbons (Fsp3) is 0.562. The molecule has 1 aromatic rings. The minimum Gasteiger partial charge on any atom is -0.465 e. The molecule has 2 aliphatic rings. The maximum Gasteiger partial charge on any atom is 0.407 e. The summed E-state index contributed by atoms with van der Waals surface area (Å²) in [5.74, 6) is 0.123. The van der Waals surface area contributed by atoms with E-state index < -0.39 is 6.09 Å². The summed E-state index contributed by atoms with van der Waals surface area (Å²) in [6.07, 6.45) is 2.69. The van der Waals surface area contributed by atoms with Crippen LogP contribution in [-0.4, -0.2) is 51.5 Å². The molecule has 0 radical (unpaired) electrons. The first-order valence-electron chi connectivity index (χ1n) is 7.79. The van der Waals surface area contributed by atoms with Crippen LogP contribution in [0.5, 0.6) is 0 Å². The van der Waals surface area contributed by atoms with Crippen molar-refractivity contribution >= 4 is 23.6 Å². The fourth-order valence-corrected chi connectivity index (χ4v) is 3.69. The number of halogens is 1. The topological polar surface area (TPSA) is 73.7 Å². The number of carboxylic acid groups (broad SMARTS) is 1. The van der Waals surface area contributed by atoms with Gasteiger partial charge in [-0.15, -0.1) is 0 Å². The molecule has 3 heterocycles. The summed E-state index contributed by atoms with van der Waals surface area (Å²) in [6, 6.07) is 3.53. The van der Waals surface area contributed by atoms with Crippen molar-refractivity contribution in [1.29, 1.82) is 0 Å². The molecule has 0 aliphatic carbocycles. The molecule has 6 nitrogen and oxygen atoms in total. The molecule has 0 aromatic carbocycles. The van der Waals surface area contributed by atoms with Gasteiger partial charge in [-0.3, -0.25) is 9.78 Å². The third-order valence-corrected chi connectivity index (χ3v) is 5.32. The second kappa shape index (κ2) is 6.00. The molecular weight excluding hydrogens is 318 g/mol. The van der Waals surface area contributed by atoms with E-state index in [0.717, 1.165) is 18.5 Å². The van der Waals surface area contributed by atoms with Gasteiger partial charge in [-0.2, -0.15) is 0 Å². The molecule has 1 spiro atoms. The summed E-state index contributed by atoms with van der Waals surface area (Å²) in [7, 11) is 0. The Morgan fingerprint density at radius 3 is 2.65 bits per heavy atom. The number of piperidine rings is 1. The number of hydrogen-bond donors (Lipinski definition) is 1. The molecule has 7 heteroatoms. The van der Waals surface area contributed by atoms with Gasteiger partial charge in [-0.05, 0) is 31.9 Å². The summed E-state index contributed by atoms with van der Waals surface area (Å²) >= 11 is 5.86.